The summed E-state index contributed by atoms with van der Waals surface area (Å²) < 4.78 is 5.62. The normalized spacial score (nSPS) is 28.8. The number of hydrogen-bond acceptors (Lipinski definition) is 5. The van der Waals surface area contributed by atoms with Crippen LogP contribution in [0.2, 0.25) is 0 Å². The maximum absolute atomic E-state index is 5.62. The van der Waals surface area contributed by atoms with Crippen LogP contribution in [0.25, 0.3) is 0 Å². The SMILES string of the molecule is C[C@H]1CN(c2n[nH]c(CC3CCCO3)n2)CCN1. The summed E-state index contributed by atoms with van der Waals surface area (Å²) in [6.07, 6.45) is 3.49. The van der Waals surface area contributed by atoms with E-state index in [1.807, 2.05) is 0 Å². The van der Waals surface area contributed by atoms with Gasteiger partial charge in [0.05, 0.1) is 6.10 Å². The predicted octanol–water partition coefficient (Wildman–Crippen LogP) is 0.324. The van der Waals surface area contributed by atoms with Crippen LogP contribution in [0.15, 0.2) is 0 Å². The molecule has 18 heavy (non-hydrogen) atoms. The maximum atomic E-state index is 5.62. The fourth-order valence-corrected chi connectivity index (χ4v) is 2.65. The van der Waals surface area contributed by atoms with Crippen molar-refractivity contribution >= 4 is 5.95 Å². The van der Waals surface area contributed by atoms with Gasteiger partial charge >= 0.3 is 0 Å². The zero-order chi connectivity index (χ0) is 12.4. The van der Waals surface area contributed by atoms with Crippen molar-refractivity contribution in [3.63, 3.8) is 0 Å². The number of nitrogens with zero attached hydrogens (tertiary/aromatic N) is 3. The molecular formula is C12H21N5O. The topological polar surface area (TPSA) is 66.1 Å². The Hall–Kier alpha value is -1.14. The van der Waals surface area contributed by atoms with Gasteiger partial charge in [0.25, 0.3) is 0 Å². The average molecular weight is 251 g/mol. The first-order valence-corrected chi connectivity index (χ1v) is 6.82. The van der Waals surface area contributed by atoms with Gasteiger partial charge in [-0.2, -0.15) is 4.98 Å². The van der Waals surface area contributed by atoms with Crippen molar-refractivity contribution in [2.45, 2.75) is 38.3 Å². The van der Waals surface area contributed by atoms with Gasteiger partial charge in [-0.25, -0.2) is 0 Å². The highest BCUT2D eigenvalue weighted by Gasteiger charge is 2.21. The molecule has 100 valence electrons. The molecule has 6 heteroatoms. The Morgan fingerprint density at radius 3 is 3.22 bits per heavy atom. The lowest BCUT2D eigenvalue weighted by Crippen LogP contribution is -2.49. The summed E-state index contributed by atoms with van der Waals surface area (Å²) in [5.74, 6) is 1.78. The Morgan fingerprint density at radius 1 is 1.50 bits per heavy atom. The van der Waals surface area contributed by atoms with E-state index in [1.54, 1.807) is 0 Å². The van der Waals surface area contributed by atoms with Crippen molar-refractivity contribution < 1.29 is 4.74 Å². The minimum absolute atomic E-state index is 0.327. The van der Waals surface area contributed by atoms with Crippen LogP contribution in [0.4, 0.5) is 5.95 Å². The molecule has 6 nitrogen and oxygen atoms in total. The van der Waals surface area contributed by atoms with Crippen molar-refractivity contribution in [1.29, 1.82) is 0 Å². The van der Waals surface area contributed by atoms with Gasteiger partial charge in [0.2, 0.25) is 5.95 Å². The molecule has 0 bridgehead atoms. The van der Waals surface area contributed by atoms with Crippen LogP contribution in [-0.2, 0) is 11.2 Å². The molecule has 0 aliphatic carbocycles. The van der Waals surface area contributed by atoms with Gasteiger partial charge in [0.1, 0.15) is 5.82 Å². The summed E-state index contributed by atoms with van der Waals surface area (Å²) in [7, 11) is 0. The molecule has 3 rings (SSSR count). The average Bonchev–Trinajstić information content (AvgIpc) is 3.01. The second-order valence-corrected chi connectivity index (χ2v) is 5.22. The highest BCUT2D eigenvalue weighted by molar-refractivity contribution is 5.30. The molecular weight excluding hydrogens is 230 g/mol. The van der Waals surface area contributed by atoms with Crippen molar-refractivity contribution in [1.82, 2.24) is 20.5 Å². The number of ether oxygens (including phenoxy) is 1. The molecule has 2 N–H and O–H groups in total. The number of rotatable bonds is 3. The van der Waals surface area contributed by atoms with Crippen LogP contribution in [0.1, 0.15) is 25.6 Å². The number of aromatic amines is 1. The molecule has 1 aromatic rings. The van der Waals surface area contributed by atoms with Crippen molar-refractivity contribution in [3.05, 3.63) is 5.82 Å². The van der Waals surface area contributed by atoms with E-state index in [0.29, 0.717) is 12.1 Å². The van der Waals surface area contributed by atoms with Gasteiger partial charge in [-0.15, -0.1) is 5.10 Å². The summed E-state index contributed by atoms with van der Waals surface area (Å²) >= 11 is 0. The van der Waals surface area contributed by atoms with Crippen LogP contribution in [0.5, 0.6) is 0 Å². The van der Waals surface area contributed by atoms with Crippen LogP contribution in [-0.4, -0.2) is 53.6 Å². The zero-order valence-electron chi connectivity index (χ0n) is 10.9. The Labute approximate surface area is 107 Å². The van der Waals surface area contributed by atoms with E-state index in [0.717, 1.165) is 50.9 Å². The van der Waals surface area contributed by atoms with E-state index in [1.165, 1.54) is 6.42 Å². The fourth-order valence-electron chi connectivity index (χ4n) is 2.65. The molecule has 0 spiro atoms. The number of hydrogen-bond donors (Lipinski definition) is 2. The molecule has 0 radical (unpaired) electrons. The molecule has 1 aromatic heterocycles. The lowest BCUT2D eigenvalue weighted by atomic mass is 10.2. The summed E-state index contributed by atoms with van der Waals surface area (Å²) in [5.41, 5.74) is 0. The molecule has 3 heterocycles. The standard InChI is InChI=1S/C12H21N5O/c1-9-8-17(5-4-13-9)12-14-11(15-16-12)7-10-3-2-6-18-10/h9-10,13H,2-8H2,1H3,(H,14,15,16)/t9-,10?/m0/s1. The minimum atomic E-state index is 0.327. The smallest absolute Gasteiger partial charge is 0.244 e. The van der Waals surface area contributed by atoms with Crippen LogP contribution >= 0.6 is 0 Å². The predicted molar refractivity (Wildman–Crippen MR) is 68.7 cm³/mol. The van der Waals surface area contributed by atoms with Crippen molar-refractivity contribution in [2.24, 2.45) is 0 Å². The van der Waals surface area contributed by atoms with Crippen LogP contribution < -0.4 is 10.2 Å². The van der Waals surface area contributed by atoms with Gasteiger partial charge in [-0.05, 0) is 19.8 Å². The Balaban J connectivity index is 1.61. The van der Waals surface area contributed by atoms with Gasteiger partial charge in [-0.3, -0.25) is 5.10 Å². The Morgan fingerprint density at radius 2 is 2.44 bits per heavy atom. The minimum Gasteiger partial charge on any atom is -0.378 e. The maximum Gasteiger partial charge on any atom is 0.244 e. The zero-order valence-corrected chi connectivity index (χ0v) is 10.9. The number of anilines is 1. The molecule has 2 aliphatic rings. The van der Waals surface area contributed by atoms with E-state index in [2.05, 4.69) is 32.3 Å². The third-order valence-electron chi connectivity index (χ3n) is 3.62. The Bertz CT molecular complexity index is 388. The molecule has 2 saturated heterocycles. The molecule has 2 aliphatic heterocycles. The lowest BCUT2D eigenvalue weighted by molar-refractivity contribution is 0.110. The molecule has 0 amide bonds. The number of H-pyrrole nitrogens is 1. The number of nitrogens with one attached hydrogen (secondary N) is 2. The van der Waals surface area contributed by atoms with Gasteiger partial charge < -0.3 is 15.0 Å². The first-order chi connectivity index (χ1) is 8.81. The van der Waals surface area contributed by atoms with E-state index in [9.17, 15) is 0 Å². The number of piperazine rings is 1. The summed E-state index contributed by atoms with van der Waals surface area (Å²) in [4.78, 5) is 6.82. The fraction of sp³-hybridized carbons (Fsp3) is 0.833. The Kier molecular flexibility index (Phi) is 3.47. The van der Waals surface area contributed by atoms with Crippen molar-refractivity contribution in [3.8, 4) is 0 Å². The largest absolute Gasteiger partial charge is 0.378 e. The van der Waals surface area contributed by atoms with Crippen LogP contribution in [0.3, 0.4) is 0 Å². The lowest BCUT2D eigenvalue weighted by Gasteiger charge is -2.30. The highest BCUT2D eigenvalue weighted by atomic mass is 16.5. The quantitative estimate of drug-likeness (QED) is 0.810. The molecule has 2 atom stereocenters. The van der Waals surface area contributed by atoms with Gasteiger partial charge in [-0.1, -0.05) is 0 Å². The first kappa shape index (κ1) is 11.9. The van der Waals surface area contributed by atoms with Gasteiger partial charge in [0, 0.05) is 38.7 Å². The van der Waals surface area contributed by atoms with Crippen molar-refractivity contribution in [2.75, 3.05) is 31.1 Å². The summed E-state index contributed by atoms with van der Waals surface area (Å²) in [5, 5.41) is 10.8. The second-order valence-electron chi connectivity index (χ2n) is 5.22. The summed E-state index contributed by atoms with van der Waals surface area (Å²) in [6, 6.07) is 0.499. The monoisotopic (exact) mass is 251 g/mol. The third kappa shape index (κ3) is 2.64. The first-order valence-electron chi connectivity index (χ1n) is 6.82. The summed E-state index contributed by atoms with van der Waals surface area (Å²) in [6.45, 7) is 6.02. The van der Waals surface area contributed by atoms with E-state index in [4.69, 9.17) is 4.74 Å². The van der Waals surface area contributed by atoms with E-state index < -0.39 is 0 Å². The third-order valence-corrected chi connectivity index (χ3v) is 3.62. The number of aromatic nitrogens is 3. The van der Waals surface area contributed by atoms with E-state index >= 15 is 0 Å². The van der Waals surface area contributed by atoms with E-state index in [-0.39, 0.29) is 0 Å². The molecule has 1 unspecified atom stereocenters. The highest BCUT2D eigenvalue weighted by Crippen LogP contribution is 2.17. The molecule has 0 aromatic carbocycles. The van der Waals surface area contributed by atoms with Gasteiger partial charge in [0.15, 0.2) is 0 Å². The molecule has 2 fully saturated rings. The second kappa shape index (κ2) is 5.24. The van der Waals surface area contributed by atoms with Crippen LogP contribution in [0, 0.1) is 0 Å². The molecule has 0 saturated carbocycles.